The minimum atomic E-state index is -0.978. The second-order valence-electron chi connectivity index (χ2n) is 7.96. The van der Waals surface area contributed by atoms with Crippen molar-refractivity contribution in [3.05, 3.63) is 107 Å². The van der Waals surface area contributed by atoms with Gasteiger partial charge in [-0.3, -0.25) is 9.59 Å². The fraction of sp³-hybridized carbons (Fsp3) is 0.115. The molecule has 4 aromatic rings. The monoisotopic (exact) mass is 458 g/mol. The van der Waals surface area contributed by atoms with E-state index in [1.165, 1.54) is 10.7 Å². The predicted molar refractivity (Wildman–Crippen MR) is 124 cm³/mol. The lowest BCUT2D eigenvalue weighted by Crippen LogP contribution is -2.18. The first-order chi connectivity index (χ1) is 16.5. The summed E-state index contributed by atoms with van der Waals surface area (Å²) in [5.74, 6) is -2.67. The summed E-state index contributed by atoms with van der Waals surface area (Å²) >= 11 is 0. The van der Waals surface area contributed by atoms with Crippen LogP contribution in [0.5, 0.6) is 0 Å². The number of fused-ring (bicyclic) bond motifs is 1. The highest BCUT2D eigenvalue weighted by Gasteiger charge is 2.27. The maximum atomic E-state index is 13.8. The second-order valence-corrected chi connectivity index (χ2v) is 7.96. The molecule has 0 atom stereocenters. The Hall–Kier alpha value is -4.33. The number of amides is 2. The molecule has 0 bridgehead atoms. The highest BCUT2D eigenvalue weighted by atomic mass is 19.2. The van der Waals surface area contributed by atoms with Gasteiger partial charge in [-0.15, -0.1) is 0 Å². The quantitative estimate of drug-likeness (QED) is 0.435. The molecule has 3 aromatic carbocycles. The van der Waals surface area contributed by atoms with Crippen LogP contribution in [0.4, 0.5) is 20.2 Å². The minimum absolute atomic E-state index is 0.224. The van der Waals surface area contributed by atoms with Crippen LogP contribution in [-0.4, -0.2) is 21.6 Å². The molecule has 8 heteroatoms. The lowest BCUT2D eigenvalue weighted by Gasteiger charge is -2.12. The van der Waals surface area contributed by atoms with Crippen molar-refractivity contribution in [2.24, 2.45) is 0 Å². The summed E-state index contributed by atoms with van der Waals surface area (Å²) in [7, 11) is 0. The van der Waals surface area contributed by atoms with Crippen LogP contribution in [0.2, 0.25) is 0 Å². The highest BCUT2D eigenvalue weighted by molar-refractivity contribution is 6.09. The molecule has 0 aliphatic heterocycles. The Morgan fingerprint density at radius 2 is 1.47 bits per heavy atom. The zero-order chi connectivity index (χ0) is 23.7. The molecule has 0 saturated carbocycles. The number of benzene rings is 3. The number of rotatable bonds is 5. The third-order valence-corrected chi connectivity index (χ3v) is 5.75. The second kappa shape index (κ2) is 8.90. The van der Waals surface area contributed by atoms with Crippen LogP contribution in [0.3, 0.4) is 0 Å². The SMILES string of the molecule is O=C(Nc1ccccc1NC(=O)c1nn(-c2ccc(F)c(F)c2)c2c1CCC2)c1ccccc1. The molecule has 1 aliphatic rings. The topological polar surface area (TPSA) is 76.0 Å². The summed E-state index contributed by atoms with van der Waals surface area (Å²) in [6.45, 7) is 0. The Morgan fingerprint density at radius 1 is 0.794 bits per heavy atom. The van der Waals surface area contributed by atoms with Gasteiger partial charge in [-0.25, -0.2) is 13.5 Å². The van der Waals surface area contributed by atoms with Crippen LogP contribution in [-0.2, 0) is 12.8 Å². The predicted octanol–water partition coefficient (Wildman–Crippen LogP) is 5.14. The van der Waals surface area contributed by atoms with Crippen molar-refractivity contribution >= 4 is 23.2 Å². The summed E-state index contributed by atoms with van der Waals surface area (Å²) in [4.78, 5) is 25.8. The summed E-state index contributed by atoms with van der Waals surface area (Å²) in [6, 6.07) is 19.2. The van der Waals surface area contributed by atoms with E-state index in [4.69, 9.17) is 0 Å². The fourth-order valence-electron chi connectivity index (χ4n) is 4.12. The van der Waals surface area contributed by atoms with Gasteiger partial charge in [0, 0.05) is 22.9 Å². The summed E-state index contributed by atoms with van der Waals surface area (Å²) in [5, 5.41) is 10.1. The van der Waals surface area contributed by atoms with Crippen molar-refractivity contribution in [3.63, 3.8) is 0 Å². The maximum absolute atomic E-state index is 13.8. The van der Waals surface area contributed by atoms with E-state index in [-0.39, 0.29) is 11.6 Å². The van der Waals surface area contributed by atoms with Crippen molar-refractivity contribution in [2.45, 2.75) is 19.3 Å². The van der Waals surface area contributed by atoms with Gasteiger partial charge in [0.1, 0.15) is 0 Å². The molecule has 170 valence electrons. The van der Waals surface area contributed by atoms with Gasteiger partial charge in [-0.2, -0.15) is 5.10 Å². The molecule has 6 nitrogen and oxygen atoms in total. The minimum Gasteiger partial charge on any atom is -0.320 e. The molecule has 5 rings (SSSR count). The summed E-state index contributed by atoms with van der Waals surface area (Å²) < 4.78 is 28.7. The number of nitrogens with one attached hydrogen (secondary N) is 2. The number of nitrogens with zero attached hydrogens (tertiary/aromatic N) is 2. The number of hydrogen-bond acceptors (Lipinski definition) is 3. The van der Waals surface area contributed by atoms with Crippen molar-refractivity contribution in [1.29, 1.82) is 0 Å². The van der Waals surface area contributed by atoms with E-state index >= 15 is 0 Å². The van der Waals surface area contributed by atoms with E-state index < -0.39 is 17.5 Å². The first-order valence-corrected chi connectivity index (χ1v) is 10.8. The van der Waals surface area contributed by atoms with Crippen molar-refractivity contribution in [1.82, 2.24) is 9.78 Å². The molecule has 1 heterocycles. The Balaban J connectivity index is 1.43. The standard InChI is InChI=1S/C26H20F2N4O2/c27-19-14-13-17(15-20(19)28)32-23-12-6-9-18(23)24(31-32)26(34)30-22-11-5-4-10-21(22)29-25(33)16-7-2-1-3-8-16/h1-5,7-8,10-11,13-15H,6,9,12H2,(H,29,33)(H,30,34). The number of aromatic nitrogens is 2. The van der Waals surface area contributed by atoms with Gasteiger partial charge in [0.25, 0.3) is 11.8 Å². The normalized spacial score (nSPS) is 12.3. The molecule has 0 radical (unpaired) electrons. The third-order valence-electron chi connectivity index (χ3n) is 5.75. The average Bonchev–Trinajstić information content (AvgIpc) is 3.46. The lowest BCUT2D eigenvalue weighted by molar-refractivity contribution is 0.101. The van der Waals surface area contributed by atoms with Gasteiger partial charge < -0.3 is 10.6 Å². The van der Waals surface area contributed by atoms with Crippen molar-refractivity contribution < 1.29 is 18.4 Å². The van der Waals surface area contributed by atoms with Crippen LogP contribution < -0.4 is 10.6 Å². The van der Waals surface area contributed by atoms with Gasteiger partial charge in [0.05, 0.1) is 17.1 Å². The van der Waals surface area contributed by atoms with Gasteiger partial charge in [0.15, 0.2) is 17.3 Å². The smallest absolute Gasteiger partial charge is 0.276 e. The van der Waals surface area contributed by atoms with E-state index in [1.54, 1.807) is 48.5 Å². The molecule has 1 aliphatic carbocycles. The number of carbonyl (C=O) groups excluding carboxylic acids is 2. The van der Waals surface area contributed by atoms with Crippen LogP contribution in [0.25, 0.3) is 5.69 Å². The molecule has 0 spiro atoms. The molecule has 2 amide bonds. The van der Waals surface area contributed by atoms with Gasteiger partial charge in [-0.05, 0) is 55.7 Å². The molecule has 0 fully saturated rings. The van der Waals surface area contributed by atoms with E-state index in [0.29, 0.717) is 35.5 Å². The number of hydrogen-bond donors (Lipinski definition) is 2. The average molecular weight is 458 g/mol. The van der Waals surface area contributed by atoms with E-state index in [1.807, 2.05) is 6.07 Å². The van der Waals surface area contributed by atoms with Crippen molar-refractivity contribution in [2.75, 3.05) is 10.6 Å². The van der Waals surface area contributed by atoms with E-state index in [9.17, 15) is 18.4 Å². The number of carbonyl (C=O) groups is 2. The van der Waals surface area contributed by atoms with Gasteiger partial charge in [0.2, 0.25) is 0 Å². The molecule has 1 aromatic heterocycles. The number of halogens is 2. The third kappa shape index (κ3) is 4.05. The molecule has 0 unspecified atom stereocenters. The molecule has 0 saturated heterocycles. The summed E-state index contributed by atoms with van der Waals surface area (Å²) in [6.07, 6.45) is 2.17. The van der Waals surface area contributed by atoms with Crippen LogP contribution in [0, 0.1) is 11.6 Å². The van der Waals surface area contributed by atoms with Crippen LogP contribution in [0.1, 0.15) is 38.5 Å². The van der Waals surface area contributed by atoms with Crippen LogP contribution in [0.15, 0.2) is 72.8 Å². The highest BCUT2D eigenvalue weighted by Crippen LogP contribution is 2.30. The van der Waals surface area contributed by atoms with Crippen LogP contribution >= 0.6 is 0 Å². The fourth-order valence-corrected chi connectivity index (χ4v) is 4.12. The maximum Gasteiger partial charge on any atom is 0.276 e. The Labute approximate surface area is 194 Å². The number of anilines is 2. The number of para-hydroxylation sites is 2. The molecule has 34 heavy (non-hydrogen) atoms. The van der Waals surface area contributed by atoms with Crippen molar-refractivity contribution in [3.8, 4) is 5.69 Å². The lowest BCUT2D eigenvalue weighted by atomic mass is 10.1. The zero-order valence-electron chi connectivity index (χ0n) is 18.0. The molecular formula is C26H20F2N4O2. The largest absolute Gasteiger partial charge is 0.320 e. The van der Waals surface area contributed by atoms with E-state index in [0.717, 1.165) is 29.8 Å². The zero-order valence-corrected chi connectivity index (χ0v) is 18.0. The van der Waals surface area contributed by atoms with E-state index in [2.05, 4.69) is 15.7 Å². The Bertz CT molecular complexity index is 1400. The molecule has 2 N–H and O–H groups in total. The summed E-state index contributed by atoms with van der Waals surface area (Å²) in [5.41, 5.74) is 3.53. The van der Waals surface area contributed by atoms with Gasteiger partial charge >= 0.3 is 0 Å². The first-order valence-electron chi connectivity index (χ1n) is 10.8. The Morgan fingerprint density at radius 3 is 2.18 bits per heavy atom. The first kappa shape index (κ1) is 21.5. The molecular weight excluding hydrogens is 438 g/mol. The van der Waals surface area contributed by atoms with Gasteiger partial charge in [-0.1, -0.05) is 30.3 Å². The Kier molecular flexibility index (Phi) is 5.63.